The van der Waals surface area contributed by atoms with Gasteiger partial charge in [-0.3, -0.25) is 4.72 Å². The quantitative estimate of drug-likeness (QED) is 0.476. The summed E-state index contributed by atoms with van der Waals surface area (Å²) >= 11 is 1.71. The van der Waals surface area contributed by atoms with Crippen molar-refractivity contribution in [2.24, 2.45) is 0 Å². The van der Waals surface area contributed by atoms with Crippen LogP contribution in [-0.2, 0) is 0 Å². The number of hydrogen-bond acceptors (Lipinski definition) is 6. The van der Waals surface area contributed by atoms with Gasteiger partial charge in [-0.15, -0.1) is 0 Å². The standard InChI is InChI=1S/C20H28FN5S/c1-15(2)25-27-14-11-23-20-18(16-3-5-17(21)6-4-16)7-8-19(24-20)26-12-9-22-10-13-26/h3-8,15,22,25H,9-14H2,1-2H3,(H,23,24). The topological polar surface area (TPSA) is 52.2 Å². The van der Waals surface area contributed by atoms with E-state index in [1.165, 1.54) is 12.1 Å². The fourth-order valence-corrected chi connectivity index (χ4v) is 3.62. The molecule has 7 heteroatoms. The van der Waals surface area contributed by atoms with E-state index in [0.29, 0.717) is 6.04 Å². The van der Waals surface area contributed by atoms with E-state index in [0.717, 1.165) is 61.2 Å². The van der Waals surface area contributed by atoms with Gasteiger partial charge in [-0.25, -0.2) is 9.37 Å². The van der Waals surface area contributed by atoms with Crippen molar-refractivity contribution in [2.75, 3.05) is 48.7 Å². The van der Waals surface area contributed by atoms with Crippen molar-refractivity contribution in [3.8, 4) is 11.1 Å². The summed E-state index contributed by atoms with van der Waals surface area (Å²) in [5, 5.41) is 6.84. The van der Waals surface area contributed by atoms with E-state index in [1.807, 2.05) is 0 Å². The minimum absolute atomic E-state index is 0.227. The molecule has 0 bridgehead atoms. The number of nitrogens with zero attached hydrogens (tertiary/aromatic N) is 2. The smallest absolute Gasteiger partial charge is 0.136 e. The van der Waals surface area contributed by atoms with Crippen molar-refractivity contribution in [3.63, 3.8) is 0 Å². The van der Waals surface area contributed by atoms with Crippen LogP contribution in [0, 0.1) is 5.82 Å². The van der Waals surface area contributed by atoms with E-state index in [2.05, 4.69) is 46.2 Å². The Hall–Kier alpha value is -1.83. The van der Waals surface area contributed by atoms with Gasteiger partial charge in [0.15, 0.2) is 0 Å². The van der Waals surface area contributed by atoms with Gasteiger partial charge in [0.05, 0.1) is 0 Å². The van der Waals surface area contributed by atoms with Gasteiger partial charge < -0.3 is 15.5 Å². The third-order valence-electron chi connectivity index (χ3n) is 4.29. The molecule has 0 amide bonds. The lowest BCUT2D eigenvalue weighted by atomic mass is 10.1. The average molecular weight is 390 g/mol. The second kappa shape index (κ2) is 9.92. The van der Waals surface area contributed by atoms with Crippen LogP contribution in [-0.4, -0.2) is 49.5 Å². The molecule has 1 fully saturated rings. The Morgan fingerprint density at radius 3 is 2.59 bits per heavy atom. The highest BCUT2D eigenvalue weighted by atomic mass is 32.2. The molecule has 5 nitrogen and oxygen atoms in total. The maximum atomic E-state index is 13.3. The van der Waals surface area contributed by atoms with Crippen molar-refractivity contribution in [1.82, 2.24) is 15.0 Å². The van der Waals surface area contributed by atoms with E-state index in [1.54, 1.807) is 24.1 Å². The zero-order valence-corrected chi connectivity index (χ0v) is 16.8. The van der Waals surface area contributed by atoms with E-state index in [-0.39, 0.29) is 5.82 Å². The lowest BCUT2D eigenvalue weighted by molar-refractivity contribution is 0.585. The largest absolute Gasteiger partial charge is 0.369 e. The van der Waals surface area contributed by atoms with Crippen LogP contribution in [0.2, 0.25) is 0 Å². The number of pyridine rings is 1. The maximum absolute atomic E-state index is 13.3. The molecule has 0 aliphatic carbocycles. The van der Waals surface area contributed by atoms with Crippen LogP contribution in [0.25, 0.3) is 11.1 Å². The second-order valence-corrected chi connectivity index (χ2v) is 7.79. The first-order chi connectivity index (χ1) is 13.1. The van der Waals surface area contributed by atoms with E-state index in [4.69, 9.17) is 4.98 Å². The minimum atomic E-state index is -0.227. The number of rotatable bonds is 8. The fraction of sp³-hybridized carbons (Fsp3) is 0.450. The molecule has 3 N–H and O–H groups in total. The summed E-state index contributed by atoms with van der Waals surface area (Å²) in [6, 6.07) is 11.2. The molecular weight excluding hydrogens is 361 g/mol. The van der Waals surface area contributed by atoms with Gasteiger partial charge in [0.25, 0.3) is 0 Å². The predicted octanol–water partition coefficient (Wildman–Crippen LogP) is 3.36. The predicted molar refractivity (Wildman–Crippen MR) is 114 cm³/mol. The Morgan fingerprint density at radius 2 is 1.89 bits per heavy atom. The van der Waals surface area contributed by atoms with Crippen molar-refractivity contribution in [1.29, 1.82) is 0 Å². The number of hydrogen-bond donors (Lipinski definition) is 3. The Kier molecular flexibility index (Phi) is 7.32. The SMILES string of the molecule is CC(C)NSCCNc1nc(N2CCNCC2)ccc1-c1ccc(F)cc1. The van der Waals surface area contributed by atoms with Crippen LogP contribution < -0.4 is 20.3 Å². The highest BCUT2D eigenvalue weighted by Gasteiger charge is 2.15. The number of piperazine rings is 1. The summed E-state index contributed by atoms with van der Waals surface area (Å²) in [4.78, 5) is 7.19. The summed E-state index contributed by atoms with van der Waals surface area (Å²) in [5.74, 6) is 2.54. The number of anilines is 2. The lowest BCUT2D eigenvalue weighted by Gasteiger charge is -2.29. The highest BCUT2D eigenvalue weighted by molar-refractivity contribution is 7.97. The molecule has 1 aliphatic heterocycles. The molecule has 146 valence electrons. The Labute approximate surface area is 165 Å². The van der Waals surface area contributed by atoms with Gasteiger partial charge in [-0.05, 0) is 43.7 Å². The summed E-state index contributed by atoms with van der Waals surface area (Å²) < 4.78 is 16.7. The summed E-state index contributed by atoms with van der Waals surface area (Å²) in [7, 11) is 0. The van der Waals surface area contributed by atoms with Gasteiger partial charge in [0.2, 0.25) is 0 Å². The third kappa shape index (κ3) is 5.82. The molecule has 1 saturated heterocycles. The molecule has 0 spiro atoms. The van der Waals surface area contributed by atoms with Crippen LogP contribution in [0.4, 0.5) is 16.0 Å². The summed E-state index contributed by atoms with van der Waals surface area (Å²) in [5.41, 5.74) is 1.96. The molecular formula is C20H28FN5S. The van der Waals surface area contributed by atoms with Gasteiger partial charge in [-0.2, -0.15) is 0 Å². The summed E-state index contributed by atoms with van der Waals surface area (Å²) in [6.07, 6.45) is 0. The highest BCUT2D eigenvalue weighted by Crippen LogP contribution is 2.29. The Balaban J connectivity index is 1.77. The monoisotopic (exact) mass is 389 g/mol. The normalized spacial score (nSPS) is 14.6. The number of nitrogens with one attached hydrogen (secondary N) is 3. The zero-order valence-electron chi connectivity index (χ0n) is 16.0. The van der Waals surface area contributed by atoms with Gasteiger partial charge in [0, 0.05) is 50.1 Å². The Bertz CT molecular complexity index is 717. The van der Waals surface area contributed by atoms with Gasteiger partial charge in [0.1, 0.15) is 17.5 Å². The molecule has 0 radical (unpaired) electrons. The van der Waals surface area contributed by atoms with Crippen LogP contribution in [0.5, 0.6) is 0 Å². The van der Waals surface area contributed by atoms with Crippen molar-refractivity contribution in [3.05, 3.63) is 42.2 Å². The van der Waals surface area contributed by atoms with Crippen LogP contribution >= 0.6 is 11.9 Å². The van der Waals surface area contributed by atoms with E-state index >= 15 is 0 Å². The van der Waals surface area contributed by atoms with Crippen LogP contribution in [0.1, 0.15) is 13.8 Å². The summed E-state index contributed by atoms with van der Waals surface area (Å²) in [6.45, 7) is 8.92. The third-order valence-corrected chi connectivity index (χ3v) is 5.34. The first-order valence-electron chi connectivity index (χ1n) is 9.47. The fourth-order valence-electron chi connectivity index (χ4n) is 2.96. The minimum Gasteiger partial charge on any atom is -0.369 e. The van der Waals surface area contributed by atoms with Crippen LogP contribution in [0.3, 0.4) is 0 Å². The molecule has 2 heterocycles. The van der Waals surface area contributed by atoms with E-state index < -0.39 is 0 Å². The first-order valence-corrected chi connectivity index (χ1v) is 10.5. The molecule has 0 unspecified atom stereocenters. The van der Waals surface area contributed by atoms with Gasteiger partial charge in [-0.1, -0.05) is 24.1 Å². The molecule has 2 aromatic rings. The van der Waals surface area contributed by atoms with Crippen molar-refractivity contribution >= 4 is 23.6 Å². The number of benzene rings is 1. The maximum Gasteiger partial charge on any atom is 0.136 e. The number of aromatic nitrogens is 1. The second-order valence-electron chi connectivity index (χ2n) is 6.86. The molecule has 1 aromatic carbocycles. The van der Waals surface area contributed by atoms with Crippen molar-refractivity contribution < 1.29 is 4.39 Å². The molecule has 0 atom stereocenters. The lowest BCUT2D eigenvalue weighted by Crippen LogP contribution is -2.43. The molecule has 1 aliphatic rings. The average Bonchev–Trinajstić information content (AvgIpc) is 2.69. The zero-order chi connectivity index (χ0) is 19.1. The van der Waals surface area contributed by atoms with Crippen molar-refractivity contribution in [2.45, 2.75) is 19.9 Å². The number of halogens is 1. The molecule has 0 saturated carbocycles. The van der Waals surface area contributed by atoms with E-state index in [9.17, 15) is 4.39 Å². The van der Waals surface area contributed by atoms with Gasteiger partial charge >= 0.3 is 0 Å². The first kappa shape index (κ1) is 19.9. The Morgan fingerprint density at radius 1 is 1.15 bits per heavy atom. The molecule has 27 heavy (non-hydrogen) atoms. The molecule has 3 rings (SSSR count). The molecule has 1 aromatic heterocycles. The van der Waals surface area contributed by atoms with Crippen LogP contribution in [0.15, 0.2) is 36.4 Å².